The fourth-order valence-corrected chi connectivity index (χ4v) is 4.75. The molecule has 0 aromatic heterocycles. The van der Waals surface area contributed by atoms with E-state index < -0.39 is 0 Å². The molecule has 6 nitrogen and oxygen atoms in total. The first-order valence-electron chi connectivity index (χ1n) is 10.5. The summed E-state index contributed by atoms with van der Waals surface area (Å²) in [6.07, 6.45) is 0.189. The van der Waals surface area contributed by atoms with Crippen LogP contribution in [0.3, 0.4) is 0 Å². The number of carbonyl (C=O) groups is 2. The number of nitriles is 1. The number of allylic oxidation sites excluding steroid dienone is 1. The number of hydrogen-bond acceptors (Lipinski definition) is 5. The number of nitrogens with one attached hydrogen (secondary N) is 2. The summed E-state index contributed by atoms with van der Waals surface area (Å²) < 4.78 is 5.48. The molecular formula is C25H27N3O3S. The van der Waals surface area contributed by atoms with E-state index in [4.69, 9.17) is 4.74 Å². The minimum Gasteiger partial charge on any atom is -0.494 e. The molecule has 0 unspecified atom stereocenters. The van der Waals surface area contributed by atoms with E-state index in [1.165, 1.54) is 11.8 Å². The van der Waals surface area contributed by atoms with E-state index in [1.807, 2.05) is 64.1 Å². The summed E-state index contributed by atoms with van der Waals surface area (Å²) in [6.45, 7) is 8.42. The maximum absolute atomic E-state index is 12.6. The molecule has 0 saturated heterocycles. The van der Waals surface area contributed by atoms with Crippen molar-refractivity contribution in [1.82, 2.24) is 5.32 Å². The number of hydrogen-bond donors (Lipinski definition) is 2. The van der Waals surface area contributed by atoms with Crippen molar-refractivity contribution in [3.63, 3.8) is 0 Å². The maximum atomic E-state index is 12.6. The average molecular weight is 450 g/mol. The second-order valence-corrected chi connectivity index (χ2v) is 8.76. The third-order valence-corrected chi connectivity index (χ3v) is 6.26. The predicted octanol–water partition coefficient (Wildman–Crippen LogP) is 4.72. The lowest BCUT2D eigenvalue weighted by atomic mass is 9.87. The molecule has 3 rings (SSSR count). The number of nitrogens with zero attached hydrogens (tertiary/aromatic N) is 1. The van der Waals surface area contributed by atoms with Gasteiger partial charge in [0.25, 0.3) is 0 Å². The van der Waals surface area contributed by atoms with Gasteiger partial charge in [0.05, 0.1) is 29.0 Å². The highest BCUT2D eigenvalue weighted by molar-refractivity contribution is 8.03. The molecule has 2 aromatic rings. The lowest BCUT2D eigenvalue weighted by molar-refractivity contribution is -0.121. The van der Waals surface area contributed by atoms with Gasteiger partial charge in [0, 0.05) is 18.0 Å². The molecule has 0 radical (unpaired) electrons. The Hall–Kier alpha value is -3.24. The van der Waals surface area contributed by atoms with Gasteiger partial charge in [0.1, 0.15) is 5.75 Å². The number of rotatable bonds is 7. The van der Waals surface area contributed by atoms with Crippen LogP contribution in [0.15, 0.2) is 47.0 Å². The third kappa shape index (κ3) is 5.51. The first-order valence-corrected chi connectivity index (χ1v) is 11.5. The zero-order valence-electron chi connectivity index (χ0n) is 18.7. The Morgan fingerprint density at radius 1 is 1.22 bits per heavy atom. The molecule has 1 aliphatic rings. The molecule has 0 fully saturated rings. The van der Waals surface area contributed by atoms with E-state index in [2.05, 4.69) is 16.7 Å². The van der Waals surface area contributed by atoms with Crippen LogP contribution in [0.4, 0.5) is 5.69 Å². The molecule has 2 amide bonds. The van der Waals surface area contributed by atoms with E-state index in [0.29, 0.717) is 17.2 Å². The fraction of sp³-hybridized carbons (Fsp3) is 0.320. The molecule has 1 heterocycles. The molecule has 0 aliphatic carbocycles. The smallest absolute Gasteiger partial charge is 0.234 e. The van der Waals surface area contributed by atoms with Gasteiger partial charge in [-0.15, -0.1) is 0 Å². The molecule has 32 heavy (non-hydrogen) atoms. The van der Waals surface area contributed by atoms with Crippen molar-refractivity contribution in [2.75, 3.05) is 17.7 Å². The Morgan fingerprint density at radius 3 is 2.47 bits per heavy atom. The molecule has 7 heteroatoms. The van der Waals surface area contributed by atoms with Crippen LogP contribution >= 0.6 is 11.8 Å². The van der Waals surface area contributed by atoms with Crippen LogP contribution in [0, 0.1) is 32.1 Å². The second kappa shape index (κ2) is 10.4. The molecule has 166 valence electrons. The molecule has 2 N–H and O–H groups in total. The molecule has 0 bridgehead atoms. The highest BCUT2D eigenvalue weighted by Gasteiger charge is 2.30. The fourth-order valence-electron chi connectivity index (χ4n) is 3.87. The van der Waals surface area contributed by atoms with E-state index in [-0.39, 0.29) is 29.9 Å². The van der Waals surface area contributed by atoms with Crippen molar-refractivity contribution in [2.24, 2.45) is 0 Å². The Bertz CT molecular complexity index is 1080. The van der Waals surface area contributed by atoms with Gasteiger partial charge in [-0.05, 0) is 56.5 Å². The normalized spacial score (nSPS) is 15.7. The topological polar surface area (TPSA) is 91.2 Å². The number of carbonyl (C=O) groups excluding carboxylic acids is 2. The van der Waals surface area contributed by atoms with Crippen molar-refractivity contribution in [1.29, 1.82) is 5.26 Å². The van der Waals surface area contributed by atoms with Crippen LogP contribution in [0.1, 0.15) is 41.5 Å². The van der Waals surface area contributed by atoms with Crippen LogP contribution in [0.5, 0.6) is 5.75 Å². The quantitative estimate of drug-likeness (QED) is 0.638. The van der Waals surface area contributed by atoms with Crippen LogP contribution in [0.2, 0.25) is 0 Å². The van der Waals surface area contributed by atoms with E-state index in [0.717, 1.165) is 33.7 Å². The van der Waals surface area contributed by atoms with Crippen molar-refractivity contribution in [3.8, 4) is 11.8 Å². The number of benzene rings is 2. The van der Waals surface area contributed by atoms with Gasteiger partial charge >= 0.3 is 0 Å². The zero-order valence-corrected chi connectivity index (χ0v) is 19.6. The van der Waals surface area contributed by atoms with Gasteiger partial charge in [0.15, 0.2) is 0 Å². The maximum Gasteiger partial charge on any atom is 0.234 e. The molecule has 2 aromatic carbocycles. The van der Waals surface area contributed by atoms with Crippen molar-refractivity contribution in [3.05, 3.63) is 69.3 Å². The molecule has 0 spiro atoms. The molecule has 1 aliphatic heterocycles. The highest BCUT2D eigenvalue weighted by atomic mass is 32.2. The van der Waals surface area contributed by atoms with E-state index >= 15 is 0 Å². The third-order valence-electron chi connectivity index (χ3n) is 5.24. The Labute approximate surface area is 193 Å². The summed E-state index contributed by atoms with van der Waals surface area (Å²) in [6, 6.07) is 13.7. The first-order chi connectivity index (χ1) is 15.3. The number of amides is 2. The predicted molar refractivity (Wildman–Crippen MR) is 127 cm³/mol. The second-order valence-electron chi connectivity index (χ2n) is 7.77. The van der Waals surface area contributed by atoms with Crippen molar-refractivity contribution < 1.29 is 14.3 Å². The number of aryl methyl sites for hydroxylation is 3. The Kier molecular flexibility index (Phi) is 7.60. The monoisotopic (exact) mass is 449 g/mol. The summed E-state index contributed by atoms with van der Waals surface area (Å²) in [4.78, 5) is 25.0. The summed E-state index contributed by atoms with van der Waals surface area (Å²) in [7, 11) is 0. The van der Waals surface area contributed by atoms with Crippen molar-refractivity contribution >= 4 is 29.3 Å². The standard InChI is InChI=1S/C25H27N3O3S/c1-5-31-19-8-6-18(7-9-19)20-12-22(29)28-25(21(20)13-26)32-14-23(30)27-24-16(3)10-15(2)11-17(24)4/h6-11,20H,5,12,14H2,1-4H3,(H,27,30)(H,28,29)/t20-/m0/s1. The van der Waals surface area contributed by atoms with E-state index in [1.54, 1.807) is 0 Å². The molecule has 0 saturated carbocycles. The zero-order chi connectivity index (χ0) is 23.3. The lowest BCUT2D eigenvalue weighted by Crippen LogP contribution is -2.31. The summed E-state index contributed by atoms with van der Waals surface area (Å²) in [5.74, 6) is 0.121. The summed E-state index contributed by atoms with van der Waals surface area (Å²) in [5.41, 5.74) is 5.28. The van der Waals surface area contributed by atoms with Crippen LogP contribution in [0.25, 0.3) is 0 Å². The highest BCUT2D eigenvalue weighted by Crippen LogP contribution is 2.36. The van der Waals surface area contributed by atoms with Crippen LogP contribution in [-0.4, -0.2) is 24.2 Å². The van der Waals surface area contributed by atoms with Gasteiger partial charge in [-0.3, -0.25) is 9.59 Å². The van der Waals surface area contributed by atoms with Gasteiger partial charge in [-0.25, -0.2) is 0 Å². The molecule has 1 atom stereocenters. The Morgan fingerprint density at radius 2 is 1.88 bits per heavy atom. The van der Waals surface area contributed by atoms with Crippen LogP contribution in [-0.2, 0) is 9.59 Å². The SMILES string of the molecule is CCOc1ccc([C@@H]2CC(=O)NC(SCC(=O)Nc3c(C)cc(C)cc3C)=C2C#N)cc1. The largest absolute Gasteiger partial charge is 0.494 e. The van der Waals surface area contributed by atoms with Crippen molar-refractivity contribution in [2.45, 2.75) is 40.0 Å². The molecular weight excluding hydrogens is 422 g/mol. The summed E-state index contributed by atoms with van der Waals surface area (Å²) in [5, 5.41) is 16.0. The number of anilines is 1. The first kappa shape index (κ1) is 23.4. The Balaban J connectivity index is 1.76. The lowest BCUT2D eigenvalue weighted by Gasteiger charge is -2.25. The minimum absolute atomic E-state index is 0.0869. The summed E-state index contributed by atoms with van der Waals surface area (Å²) >= 11 is 1.17. The van der Waals surface area contributed by atoms with Gasteiger partial charge in [-0.2, -0.15) is 5.26 Å². The van der Waals surface area contributed by atoms with Gasteiger partial charge in [-0.1, -0.05) is 41.6 Å². The van der Waals surface area contributed by atoms with Gasteiger partial charge < -0.3 is 15.4 Å². The van der Waals surface area contributed by atoms with E-state index in [9.17, 15) is 14.9 Å². The van der Waals surface area contributed by atoms with Crippen LogP contribution < -0.4 is 15.4 Å². The van der Waals surface area contributed by atoms with Gasteiger partial charge in [0.2, 0.25) is 11.8 Å². The number of ether oxygens (including phenoxy) is 1. The minimum atomic E-state index is -0.350. The number of thioether (sulfide) groups is 1. The average Bonchev–Trinajstić information content (AvgIpc) is 2.75.